The number of methoxy groups -OCH3 is 1. The molecule has 0 radical (unpaired) electrons. The predicted octanol–water partition coefficient (Wildman–Crippen LogP) is 3.82. The molecule has 7 aliphatic heterocycles. The van der Waals surface area contributed by atoms with Crippen LogP contribution in [0, 0.1) is 20.8 Å². The Morgan fingerprint density at radius 1 is 1.09 bits per heavy atom. The molecule has 7 aliphatic rings. The van der Waals surface area contributed by atoms with E-state index in [1.165, 1.54) is 18.7 Å². The molecular formula is C42H47N5O9S. The fourth-order valence-corrected chi connectivity index (χ4v) is 12.5. The molecule has 8 atom stereocenters. The number of phenols is 1. The summed E-state index contributed by atoms with van der Waals surface area (Å²) in [5.74, 6) is 0.936. The number of aliphatic hydroxyl groups is 1. The SMILES string of the molecule is COc1c(C)cc2c(c1O)[C@H]1[C@@H]3[C@@H]4SC[C@]5(N[C@@H](CN)Cc6c5[nH]c5ccc(C)cc65)C(=O)OC[C@@H](c5c6c(c(C)c(OC(C)=O)c54)OCO6)N3[C@@H](O)[C@H](C2)N1C. The average molecular weight is 798 g/mol. The van der Waals surface area contributed by atoms with Crippen LogP contribution in [0.5, 0.6) is 28.7 Å². The molecule has 11 rings (SSSR count). The second-order valence-corrected chi connectivity index (χ2v) is 17.5. The number of esters is 2. The van der Waals surface area contributed by atoms with Crippen LogP contribution in [-0.2, 0) is 32.7 Å². The van der Waals surface area contributed by atoms with Crippen molar-refractivity contribution in [1.29, 1.82) is 0 Å². The van der Waals surface area contributed by atoms with E-state index in [0.717, 1.165) is 38.9 Å². The first-order valence-electron chi connectivity index (χ1n) is 19.5. The second kappa shape index (κ2) is 13.0. The van der Waals surface area contributed by atoms with Crippen molar-refractivity contribution >= 4 is 34.6 Å². The maximum atomic E-state index is 15.0. The van der Waals surface area contributed by atoms with Crippen LogP contribution in [0.25, 0.3) is 10.9 Å². The number of nitrogens with zero attached hydrogens (tertiary/aromatic N) is 2. The summed E-state index contributed by atoms with van der Waals surface area (Å²) in [5.41, 5.74) is 13.2. The second-order valence-electron chi connectivity index (χ2n) is 16.4. The Kier molecular flexibility index (Phi) is 8.39. The number of hydrogen-bond acceptors (Lipinski definition) is 14. The van der Waals surface area contributed by atoms with Crippen molar-refractivity contribution in [3.8, 4) is 28.7 Å². The first-order valence-corrected chi connectivity index (χ1v) is 20.5. The minimum Gasteiger partial charge on any atom is -0.504 e. The number of carbonyl (C=O) groups is 2. The highest BCUT2D eigenvalue weighted by Gasteiger charge is 2.62. The van der Waals surface area contributed by atoms with E-state index in [1.54, 1.807) is 7.11 Å². The normalized spacial score (nSPS) is 30.0. The Morgan fingerprint density at radius 3 is 2.63 bits per heavy atom. The lowest BCUT2D eigenvalue weighted by molar-refractivity contribution is -0.186. The first-order chi connectivity index (χ1) is 27.4. The zero-order chi connectivity index (χ0) is 39.8. The molecule has 6 N–H and O–H groups in total. The maximum absolute atomic E-state index is 15.0. The van der Waals surface area contributed by atoms with Gasteiger partial charge >= 0.3 is 11.9 Å². The molecule has 3 aromatic carbocycles. The third kappa shape index (κ3) is 5.02. The number of fused-ring (bicyclic) bond motifs is 11. The number of nitrogens with one attached hydrogen (secondary N) is 2. The Morgan fingerprint density at radius 2 is 1.88 bits per heavy atom. The molecule has 1 aromatic heterocycles. The van der Waals surface area contributed by atoms with Gasteiger partial charge in [0.15, 0.2) is 28.5 Å². The van der Waals surface area contributed by atoms with E-state index in [9.17, 15) is 15.0 Å². The zero-order valence-corrected chi connectivity index (χ0v) is 33.5. The number of ether oxygens (including phenoxy) is 5. The van der Waals surface area contributed by atoms with E-state index in [2.05, 4.69) is 28.2 Å². The monoisotopic (exact) mass is 797 g/mol. The Bertz CT molecular complexity index is 2400. The molecule has 15 heteroatoms. The van der Waals surface area contributed by atoms with Gasteiger partial charge in [0, 0.05) is 64.5 Å². The van der Waals surface area contributed by atoms with Crippen molar-refractivity contribution < 1.29 is 43.5 Å². The number of aromatic hydroxyl groups is 1. The van der Waals surface area contributed by atoms with Gasteiger partial charge < -0.3 is 44.6 Å². The molecule has 2 fully saturated rings. The molecule has 1 spiro atoms. The van der Waals surface area contributed by atoms with Gasteiger partial charge in [0.25, 0.3) is 0 Å². The number of aromatic amines is 1. The summed E-state index contributed by atoms with van der Waals surface area (Å²) >= 11 is 1.52. The fourth-order valence-electron chi connectivity index (χ4n) is 10.9. The highest BCUT2D eigenvalue weighted by molar-refractivity contribution is 7.99. The molecule has 57 heavy (non-hydrogen) atoms. The number of piperazine rings is 1. The molecular weight excluding hydrogens is 751 g/mol. The van der Waals surface area contributed by atoms with Gasteiger partial charge in [0.05, 0.1) is 36.2 Å². The summed E-state index contributed by atoms with van der Waals surface area (Å²) in [6.45, 7) is 7.25. The van der Waals surface area contributed by atoms with Crippen LogP contribution in [0.1, 0.15) is 74.5 Å². The van der Waals surface area contributed by atoms with E-state index in [0.29, 0.717) is 64.6 Å². The van der Waals surface area contributed by atoms with E-state index in [4.69, 9.17) is 29.4 Å². The van der Waals surface area contributed by atoms with E-state index in [1.807, 2.05) is 44.0 Å². The molecule has 0 saturated carbocycles. The Balaban J connectivity index is 1.24. The molecule has 8 heterocycles. The highest BCUT2D eigenvalue weighted by atomic mass is 32.2. The quantitative estimate of drug-likeness (QED) is 0.149. The van der Waals surface area contributed by atoms with E-state index < -0.39 is 47.1 Å². The number of phenolic OH excluding ortho intramolecular Hbond substituents is 1. The standard InChI is InChI=1S/C42H47N5O9S/c1-17-7-8-25-23(9-17)24-12-22(13-43)45-42(39(24)44-25)15-57-38-30-29(37-36(54-16-55-37)19(3)35(30)56-20(4)48)27(14-53-41(42)51)47-32(38)31-28-21(11-26(40(47)50)46(31)5)10-18(2)34(52-6)33(28)49/h7-10,22,26-27,31-32,38,40,44-45,49-50H,11-16,43H2,1-6H3/t22-,26+,27+,31+,32-,38-,40+,42-/m1/s1. The number of thioether (sulfide) groups is 1. The van der Waals surface area contributed by atoms with E-state index >= 15 is 4.79 Å². The van der Waals surface area contributed by atoms with Gasteiger partial charge in [-0.1, -0.05) is 17.7 Å². The van der Waals surface area contributed by atoms with Crippen molar-refractivity contribution in [2.75, 3.05) is 39.9 Å². The number of aryl methyl sites for hydroxylation is 2. The molecule has 0 unspecified atom stereocenters. The van der Waals surface area contributed by atoms with Crippen molar-refractivity contribution in [3.63, 3.8) is 0 Å². The number of H-pyrrole nitrogens is 1. The van der Waals surface area contributed by atoms with Crippen LogP contribution in [-0.4, -0.2) is 101 Å². The van der Waals surface area contributed by atoms with Crippen molar-refractivity contribution in [2.45, 2.75) is 87.8 Å². The third-order valence-corrected chi connectivity index (χ3v) is 14.7. The zero-order valence-electron chi connectivity index (χ0n) is 32.7. The number of aromatic nitrogens is 1. The lowest BCUT2D eigenvalue weighted by Gasteiger charge is -2.62. The van der Waals surface area contributed by atoms with Gasteiger partial charge in [-0.15, -0.1) is 11.8 Å². The smallest absolute Gasteiger partial charge is 0.333 e. The van der Waals surface area contributed by atoms with Crippen LogP contribution in [0.2, 0.25) is 0 Å². The van der Waals surface area contributed by atoms with Crippen molar-refractivity contribution in [1.82, 2.24) is 20.1 Å². The van der Waals surface area contributed by atoms with Crippen LogP contribution in [0.4, 0.5) is 0 Å². The number of likely N-dealkylation sites (N-methyl/N-ethyl adjacent to an activating group) is 1. The number of aliphatic hydroxyl groups excluding tert-OH is 1. The molecule has 4 bridgehead atoms. The number of hydrogen-bond donors (Lipinski definition) is 5. The summed E-state index contributed by atoms with van der Waals surface area (Å²) in [5, 5.41) is 28.9. The molecule has 300 valence electrons. The number of rotatable bonds is 3. The number of carbonyl (C=O) groups excluding carboxylic acids is 2. The first kappa shape index (κ1) is 36.8. The van der Waals surface area contributed by atoms with Gasteiger partial charge in [0.2, 0.25) is 6.79 Å². The van der Waals surface area contributed by atoms with Crippen LogP contribution < -0.4 is 30.0 Å². The van der Waals surface area contributed by atoms with Crippen molar-refractivity contribution in [3.05, 3.63) is 74.5 Å². The summed E-state index contributed by atoms with van der Waals surface area (Å²) in [6, 6.07) is 5.86. The molecule has 4 aromatic rings. The summed E-state index contributed by atoms with van der Waals surface area (Å²) in [7, 11) is 3.53. The van der Waals surface area contributed by atoms with Gasteiger partial charge in [-0.2, -0.15) is 0 Å². The average Bonchev–Trinajstić information content (AvgIpc) is 3.82. The minimum atomic E-state index is -1.35. The summed E-state index contributed by atoms with van der Waals surface area (Å²) in [6.07, 6.45) is 0.0526. The van der Waals surface area contributed by atoms with Gasteiger partial charge in [-0.3, -0.25) is 19.9 Å². The van der Waals surface area contributed by atoms with Gasteiger partial charge in [0.1, 0.15) is 18.6 Å². The van der Waals surface area contributed by atoms with Crippen LogP contribution in [0.3, 0.4) is 0 Å². The van der Waals surface area contributed by atoms with Crippen LogP contribution >= 0.6 is 11.8 Å². The summed E-state index contributed by atoms with van der Waals surface area (Å²) in [4.78, 5) is 35.9. The number of benzene rings is 3. The lowest BCUT2D eigenvalue weighted by Crippen LogP contribution is -2.70. The Labute approximate surface area is 333 Å². The Hall–Kier alpha value is -4.51. The molecule has 2 saturated heterocycles. The molecule has 0 aliphatic carbocycles. The lowest BCUT2D eigenvalue weighted by atomic mass is 9.73. The summed E-state index contributed by atoms with van der Waals surface area (Å²) < 4.78 is 30.8. The maximum Gasteiger partial charge on any atom is 0.333 e. The third-order valence-electron chi connectivity index (χ3n) is 13.3. The minimum absolute atomic E-state index is 0.0486. The predicted molar refractivity (Wildman–Crippen MR) is 211 cm³/mol. The molecule has 0 amide bonds. The number of nitrogens with two attached hydrogens (primary N) is 1. The molecule has 14 nitrogen and oxygen atoms in total. The van der Waals surface area contributed by atoms with Gasteiger partial charge in [-0.05, 0) is 69.5 Å². The van der Waals surface area contributed by atoms with Crippen molar-refractivity contribution in [2.24, 2.45) is 5.73 Å². The van der Waals surface area contributed by atoms with E-state index in [-0.39, 0.29) is 37.0 Å². The van der Waals surface area contributed by atoms with Crippen LogP contribution in [0.15, 0.2) is 24.3 Å². The van der Waals surface area contributed by atoms with Gasteiger partial charge in [-0.25, -0.2) is 4.79 Å². The largest absolute Gasteiger partial charge is 0.504 e. The fraction of sp³-hybridized carbons (Fsp3) is 0.476. The topological polar surface area (TPSA) is 181 Å². The highest BCUT2D eigenvalue weighted by Crippen LogP contribution is 2.64.